The molecule has 0 bridgehead atoms. The average molecular weight is 189 g/mol. The summed E-state index contributed by atoms with van der Waals surface area (Å²) in [5.74, 6) is 0.000556. The number of aryl methyl sites for hydroxylation is 1. The third-order valence-electron chi connectivity index (χ3n) is 2.15. The van der Waals surface area contributed by atoms with Crippen molar-refractivity contribution >= 4 is 17.1 Å². The summed E-state index contributed by atoms with van der Waals surface area (Å²) in [6.45, 7) is 3.35. The van der Waals surface area contributed by atoms with E-state index < -0.39 is 0 Å². The van der Waals surface area contributed by atoms with Crippen molar-refractivity contribution < 1.29 is 4.79 Å². The number of anilines is 1. The number of Topliss-reactive ketones (excluding diaryl/α,β-unsaturated/α-hetero) is 1. The number of carbonyl (C=O) groups is 1. The first-order valence-corrected chi connectivity index (χ1v) is 4.34. The quantitative estimate of drug-likeness (QED) is 0.690. The van der Waals surface area contributed by atoms with Gasteiger partial charge in [-0.1, -0.05) is 0 Å². The highest BCUT2D eigenvalue weighted by molar-refractivity contribution is 5.94. The third kappa shape index (κ3) is 1.16. The van der Waals surface area contributed by atoms with Crippen LogP contribution in [-0.4, -0.2) is 15.2 Å². The number of fused-ring (bicyclic) bond motifs is 1. The monoisotopic (exact) mass is 189 g/mol. The van der Waals surface area contributed by atoms with Gasteiger partial charge in [0, 0.05) is 18.8 Å². The second-order valence-corrected chi connectivity index (χ2v) is 3.29. The van der Waals surface area contributed by atoms with Crippen LogP contribution in [-0.2, 0) is 0 Å². The van der Waals surface area contributed by atoms with E-state index in [4.69, 9.17) is 5.73 Å². The highest BCUT2D eigenvalue weighted by Crippen LogP contribution is 2.14. The third-order valence-corrected chi connectivity index (χ3v) is 2.15. The van der Waals surface area contributed by atoms with Gasteiger partial charge >= 0.3 is 0 Å². The summed E-state index contributed by atoms with van der Waals surface area (Å²) in [6, 6.07) is 3.57. The molecule has 0 aromatic carbocycles. The van der Waals surface area contributed by atoms with Crippen LogP contribution < -0.4 is 5.73 Å². The zero-order valence-corrected chi connectivity index (χ0v) is 8.11. The molecule has 2 aromatic heterocycles. The van der Waals surface area contributed by atoms with E-state index in [0.717, 1.165) is 11.3 Å². The first-order valence-electron chi connectivity index (χ1n) is 4.34. The molecule has 0 aliphatic carbocycles. The van der Waals surface area contributed by atoms with Gasteiger partial charge in [0.1, 0.15) is 11.3 Å². The summed E-state index contributed by atoms with van der Waals surface area (Å²) in [6.07, 6.45) is 1.71. The lowest BCUT2D eigenvalue weighted by molar-refractivity contribution is 0.101. The zero-order chi connectivity index (χ0) is 10.3. The maximum Gasteiger partial charge on any atom is 0.178 e. The van der Waals surface area contributed by atoms with Crippen LogP contribution in [0.3, 0.4) is 0 Å². The molecule has 0 fully saturated rings. The van der Waals surface area contributed by atoms with Crippen molar-refractivity contribution in [3.63, 3.8) is 0 Å². The van der Waals surface area contributed by atoms with Crippen LogP contribution in [0.1, 0.15) is 23.1 Å². The molecule has 0 unspecified atom stereocenters. The van der Waals surface area contributed by atoms with Crippen molar-refractivity contribution in [3.8, 4) is 0 Å². The Balaban J connectivity index is 2.86. The number of nitrogens with two attached hydrogens (primary N) is 1. The second-order valence-electron chi connectivity index (χ2n) is 3.29. The smallest absolute Gasteiger partial charge is 0.178 e. The molecule has 2 heterocycles. The van der Waals surface area contributed by atoms with Gasteiger partial charge in [-0.05, 0) is 19.1 Å². The molecule has 0 radical (unpaired) electrons. The van der Waals surface area contributed by atoms with Crippen molar-refractivity contribution in [1.82, 2.24) is 9.38 Å². The summed E-state index contributed by atoms with van der Waals surface area (Å²) >= 11 is 0. The number of hydrogen-bond donors (Lipinski definition) is 1. The molecule has 2 N–H and O–H groups in total. The minimum atomic E-state index is 0.000556. The van der Waals surface area contributed by atoms with E-state index >= 15 is 0 Å². The SMILES string of the molecule is CC(=O)c1c(C)nc2ccc(N)cn12. The first-order chi connectivity index (χ1) is 6.59. The highest BCUT2D eigenvalue weighted by Gasteiger charge is 2.12. The summed E-state index contributed by atoms with van der Waals surface area (Å²) < 4.78 is 1.73. The number of nitrogens with zero attached hydrogens (tertiary/aromatic N) is 2. The van der Waals surface area contributed by atoms with Gasteiger partial charge in [-0.3, -0.25) is 9.20 Å². The lowest BCUT2D eigenvalue weighted by Crippen LogP contribution is -2.01. The summed E-state index contributed by atoms with van der Waals surface area (Å²) in [7, 11) is 0. The molecule has 2 rings (SSSR count). The van der Waals surface area contributed by atoms with Crippen molar-refractivity contribution in [2.75, 3.05) is 5.73 Å². The fraction of sp³-hybridized carbons (Fsp3) is 0.200. The van der Waals surface area contributed by atoms with E-state index in [9.17, 15) is 4.79 Å². The molecule has 72 valence electrons. The van der Waals surface area contributed by atoms with E-state index in [1.807, 2.05) is 6.92 Å². The van der Waals surface area contributed by atoms with Gasteiger partial charge in [0.2, 0.25) is 0 Å². The Morgan fingerprint density at radius 3 is 2.86 bits per heavy atom. The summed E-state index contributed by atoms with van der Waals surface area (Å²) in [4.78, 5) is 15.6. The van der Waals surface area contributed by atoms with Gasteiger partial charge in [-0.2, -0.15) is 0 Å². The second kappa shape index (κ2) is 2.83. The molecule has 0 aliphatic heterocycles. The standard InChI is InChI=1S/C10H11N3O/c1-6-10(7(2)14)13-5-8(11)3-4-9(13)12-6/h3-5H,11H2,1-2H3. The predicted octanol–water partition coefficient (Wildman–Crippen LogP) is 1.43. The van der Waals surface area contributed by atoms with Gasteiger partial charge in [0.15, 0.2) is 5.78 Å². The van der Waals surface area contributed by atoms with Crippen LogP contribution in [0.4, 0.5) is 5.69 Å². The van der Waals surface area contributed by atoms with Gasteiger partial charge in [0.05, 0.1) is 5.69 Å². The summed E-state index contributed by atoms with van der Waals surface area (Å²) in [5, 5.41) is 0. The Hall–Kier alpha value is -1.84. The van der Waals surface area contributed by atoms with E-state index in [1.54, 1.807) is 22.7 Å². The maximum atomic E-state index is 11.4. The van der Waals surface area contributed by atoms with Crippen molar-refractivity contribution in [2.45, 2.75) is 13.8 Å². The number of imidazole rings is 1. The Bertz CT molecular complexity index is 513. The number of ketones is 1. The highest BCUT2D eigenvalue weighted by atomic mass is 16.1. The average Bonchev–Trinajstić information content (AvgIpc) is 2.40. The Morgan fingerprint density at radius 1 is 1.50 bits per heavy atom. The van der Waals surface area contributed by atoms with Crippen molar-refractivity contribution in [1.29, 1.82) is 0 Å². The normalized spacial score (nSPS) is 10.7. The molecule has 0 aliphatic rings. The van der Waals surface area contributed by atoms with Crippen molar-refractivity contribution in [3.05, 3.63) is 29.7 Å². The zero-order valence-electron chi connectivity index (χ0n) is 8.11. The van der Waals surface area contributed by atoms with Gasteiger partial charge < -0.3 is 5.73 Å². The number of hydrogen-bond acceptors (Lipinski definition) is 3. The molecule has 4 heteroatoms. The lowest BCUT2D eigenvalue weighted by Gasteiger charge is -1.99. The van der Waals surface area contributed by atoms with E-state index in [2.05, 4.69) is 4.98 Å². The van der Waals surface area contributed by atoms with Crippen LogP contribution >= 0.6 is 0 Å². The van der Waals surface area contributed by atoms with Crippen molar-refractivity contribution in [2.24, 2.45) is 0 Å². The van der Waals surface area contributed by atoms with Crippen LogP contribution in [0.15, 0.2) is 18.3 Å². The molecule has 14 heavy (non-hydrogen) atoms. The number of carbonyl (C=O) groups excluding carboxylic acids is 1. The number of aromatic nitrogens is 2. The Labute approximate surface area is 81.4 Å². The number of rotatable bonds is 1. The van der Waals surface area contributed by atoms with Crippen LogP contribution in [0.2, 0.25) is 0 Å². The lowest BCUT2D eigenvalue weighted by atomic mass is 10.2. The minimum absolute atomic E-state index is 0.000556. The van der Waals surface area contributed by atoms with E-state index in [-0.39, 0.29) is 5.78 Å². The number of pyridine rings is 1. The Morgan fingerprint density at radius 2 is 2.21 bits per heavy atom. The molecule has 0 saturated heterocycles. The first kappa shape index (κ1) is 8.74. The molecule has 2 aromatic rings. The predicted molar refractivity (Wildman–Crippen MR) is 54.3 cm³/mol. The summed E-state index contributed by atoms with van der Waals surface area (Å²) in [5.41, 5.74) is 8.36. The minimum Gasteiger partial charge on any atom is -0.398 e. The molecular weight excluding hydrogens is 178 g/mol. The van der Waals surface area contributed by atoms with Gasteiger partial charge in [-0.15, -0.1) is 0 Å². The van der Waals surface area contributed by atoms with Gasteiger partial charge in [-0.25, -0.2) is 4.98 Å². The molecule has 4 nitrogen and oxygen atoms in total. The Kier molecular flexibility index (Phi) is 1.77. The fourth-order valence-electron chi connectivity index (χ4n) is 1.60. The van der Waals surface area contributed by atoms with E-state index in [0.29, 0.717) is 11.4 Å². The fourth-order valence-corrected chi connectivity index (χ4v) is 1.60. The molecule has 0 spiro atoms. The molecular formula is C10H11N3O. The van der Waals surface area contributed by atoms with Gasteiger partial charge in [0.25, 0.3) is 0 Å². The van der Waals surface area contributed by atoms with Crippen LogP contribution in [0.25, 0.3) is 5.65 Å². The number of nitrogen functional groups attached to an aromatic ring is 1. The van der Waals surface area contributed by atoms with Crippen LogP contribution in [0, 0.1) is 6.92 Å². The molecule has 0 atom stereocenters. The molecule has 0 saturated carbocycles. The topological polar surface area (TPSA) is 60.4 Å². The van der Waals surface area contributed by atoms with Crippen LogP contribution in [0.5, 0.6) is 0 Å². The van der Waals surface area contributed by atoms with E-state index in [1.165, 1.54) is 6.92 Å². The largest absolute Gasteiger partial charge is 0.398 e. The molecule has 0 amide bonds. The maximum absolute atomic E-state index is 11.4.